The van der Waals surface area contributed by atoms with Crippen LogP contribution in [0.3, 0.4) is 0 Å². The van der Waals surface area contributed by atoms with Crippen molar-refractivity contribution in [1.82, 2.24) is 9.55 Å². The first-order valence-corrected chi connectivity index (χ1v) is 8.55. The van der Waals surface area contributed by atoms with Gasteiger partial charge in [0.25, 0.3) is 5.56 Å². The zero-order valence-electron chi connectivity index (χ0n) is 14.7. The second-order valence-corrected chi connectivity index (χ2v) is 6.11. The standard InChI is InChI=1S/C19H21N3O4/c1-3-26-19(25)14-11-21-17-13(9-8-12(2)22(17)18(14)24)10-20-15-6-4-5-7-16(15)23/h4-7,10-12,20,23H,3,8-9H2,1-2H3/b13-10-. The summed E-state index contributed by atoms with van der Waals surface area (Å²) in [6.45, 7) is 3.81. The summed E-state index contributed by atoms with van der Waals surface area (Å²) >= 11 is 0. The number of nitrogens with one attached hydrogen (secondary N) is 1. The molecule has 3 rings (SSSR count). The predicted octanol–water partition coefficient (Wildman–Crippen LogP) is 2.93. The van der Waals surface area contributed by atoms with E-state index in [0.717, 1.165) is 18.4 Å². The van der Waals surface area contributed by atoms with Crippen molar-refractivity contribution < 1.29 is 14.6 Å². The predicted molar refractivity (Wildman–Crippen MR) is 98.1 cm³/mol. The summed E-state index contributed by atoms with van der Waals surface area (Å²) in [7, 11) is 0. The van der Waals surface area contributed by atoms with Crippen molar-refractivity contribution >= 4 is 17.2 Å². The number of nitrogens with zero attached hydrogens (tertiary/aromatic N) is 2. The lowest BCUT2D eigenvalue weighted by molar-refractivity contribution is 0.0522. The number of hydrogen-bond donors (Lipinski definition) is 2. The van der Waals surface area contributed by atoms with Crippen molar-refractivity contribution in [2.24, 2.45) is 0 Å². The van der Waals surface area contributed by atoms with E-state index < -0.39 is 11.5 Å². The normalized spacial score (nSPS) is 17.6. The van der Waals surface area contributed by atoms with Crippen LogP contribution in [0.25, 0.3) is 5.57 Å². The molecule has 2 N–H and O–H groups in total. The minimum absolute atomic E-state index is 0.0580. The summed E-state index contributed by atoms with van der Waals surface area (Å²) in [6.07, 6.45) is 4.49. The van der Waals surface area contributed by atoms with Crippen LogP contribution in [-0.4, -0.2) is 27.2 Å². The van der Waals surface area contributed by atoms with E-state index in [0.29, 0.717) is 11.5 Å². The molecule has 2 heterocycles. The molecule has 0 saturated carbocycles. The van der Waals surface area contributed by atoms with E-state index in [9.17, 15) is 14.7 Å². The fraction of sp³-hybridized carbons (Fsp3) is 0.316. The molecule has 0 fully saturated rings. The van der Waals surface area contributed by atoms with Crippen molar-refractivity contribution in [3.05, 3.63) is 58.4 Å². The highest BCUT2D eigenvalue weighted by Crippen LogP contribution is 2.30. The van der Waals surface area contributed by atoms with Gasteiger partial charge in [0.15, 0.2) is 0 Å². The molecule has 1 aromatic heterocycles. The summed E-state index contributed by atoms with van der Waals surface area (Å²) in [5, 5.41) is 12.9. The first-order valence-electron chi connectivity index (χ1n) is 8.55. The van der Waals surface area contributed by atoms with Gasteiger partial charge >= 0.3 is 5.97 Å². The number of hydrogen-bond acceptors (Lipinski definition) is 6. The number of aromatic nitrogens is 2. The van der Waals surface area contributed by atoms with Gasteiger partial charge in [0.05, 0.1) is 12.3 Å². The van der Waals surface area contributed by atoms with Gasteiger partial charge < -0.3 is 15.2 Å². The Morgan fingerprint density at radius 3 is 2.96 bits per heavy atom. The number of fused-ring (bicyclic) bond motifs is 1. The summed E-state index contributed by atoms with van der Waals surface area (Å²) in [4.78, 5) is 29.0. The van der Waals surface area contributed by atoms with Gasteiger partial charge in [-0.2, -0.15) is 0 Å². The number of esters is 1. The maximum Gasteiger partial charge on any atom is 0.345 e. The molecule has 7 nitrogen and oxygen atoms in total. The number of ether oxygens (including phenoxy) is 1. The van der Waals surface area contributed by atoms with Crippen molar-refractivity contribution in [1.29, 1.82) is 0 Å². The van der Waals surface area contributed by atoms with E-state index in [1.807, 2.05) is 13.0 Å². The van der Waals surface area contributed by atoms with E-state index in [2.05, 4.69) is 10.3 Å². The van der Waals surface area contributed by atoms with Crippen LogP contribution in [0.4, 0.5) is 5.69 Å². The number of anilines is 1. The molecule has 26 heavy (non-hydrogen) atoms. The van der Waals surface area contributed by atoms with Crippen LogP contribution in [0, 0.1) is 0 Å². The highest BCUT2D eigenvalue weighted by Gasteiger charge is 2.26. The van der Waals surface area contributed by atoms with E-state index in [-0.39, 0.29) is 24.0 Å². The average molecular weight is 355 g/mol. The number of allylic oxidation sites excluding steroid dienone is 1. The van der Waals surface area contributed by atoms with E-state index in [1.165, 1.54) is 10.8 Å². The SMILES string of the molecule is CCOC(=O)c1cnc2n(c1=O)C(C)CC/C2=C/Nc1ccccc1O. The Balaban J connectivity index is 1.99. The molecule has 7 heteroatoms. The zero-order chi connectivity index (χ0) is 18.7. The molecular formula is C19H21N3O4. The quantitative estimate of drug-likeness (QED) is 0.647. The van der Waals surface area contributed by atoms with Gasteiger partial charge in [-0.1, -0.05) is 12.1 Å². The average Bonchev–Trinajstić information content (AvgIpc) is 2.62. The van der Waals surface area contributed by atoms with Crippen molar-refractivity contribution in [3.8, 4) is 5.75 Å². The molecule has 2 aromatic rings. The van der Waals surface area contributed by atoms with Gasteiger partial charge in [0, 0.05) is 24.0 Å². The minimum atomic E-state index is -0.657. The Morgan fingerprint density at radius 1 is 1.46 bits per heavy atom. The smallest absolute Gasteiger partial charge is 0.345 e. The second kappa shape index (κ2) is 7.43. The number of rotatable bonds is 4. The molecular weight excluding hydrogens is 334 g/mol. The third-order valence-corrected chi connectivity index (χ3v) is 4.35. The third-order valence-electron chi connectivity index (χ3n) is 4.35. The maximum absolute atomic E-state index is 12.7. The van der Waals surface area contributed by atoms with Crippen LogP contribution < -0.4 is 10.9 Å². The topological polar surface area (TPSA) is 93.5 Å². The monoisotopic (exact) mass is 355 g/mol. The molecule has 1 atom stereocenters. The Bertz CT molecular complexity index is 917. The molecule has 0 bridgehead atoms. The van der Waals surface area contributed by atoms with E-state index >= 15 is 0 Å². The lowest BCUT2D eigenvalue weighted by Gasteiger charge is -2.26. The zero-order valence-corrected chi connectivity index (χ0v) is 14.7. The highest BCUT2D eigenvalue weighted by molar-refractivity contribution is 5.88. The van der Waals surface area contributed by atoms with Gasteiger partial charge in [-0.3, -0.25) is 9.36 Å². The summed E-state index contributed by atoms with van der Waals surface area (Å²) in [6, 6.07) is 6.82. The Hall–Kier alpha value is -3.09. The first-order chi connectivity index (χ1) is 12.5. The lowest BCUT2D eigenvalue weighted by Crippen LogP contribution is -2.34. The van der Waals surface area contributed by atoms with Gasteiger partial charge in [-0.05, 0) is 38.8 Å². The Labute approximate surface area is 151 Å². The van der Waals surface area contributed by atoms with Crippen LogP contribution in [-0.2, 0) is 4.74 Å². The summed E-state index contributed by atoms with van der Waals surface area (Å²) < 4.78 is 6.47. The molecule has 0 amide bonds. The van der Waals surface area contributed by atoms with Crippen LogP contribution in [0.2, 0.25) is 0 Å². The van der Waals surface area contributed by atoms with Gasteiger partial charge in [-0.25, -0.2) is 9.78 Å². The third kappa shape index (κ3) is 3.33. The number of carbonyl (C=O) groups excluding carboxylic acids is 1. The van der Waals surface area contributed by atoms with Crippen LogP contribution in [0.5, 0.6) is 5.75 Å². The lowest BCUT2D eigenvalue weighted by atomic mass is 10.0. The molecule has 0 saturated heterocycles. The number of aromatic hydroxyl groups is 1. The van der Waals surface area contributed by atoms with Gasteiger partial charge in [0.2, 0.25) is 0 Å². The number of carbonyl (C=O) groups is 1. The largest absolute Gasteiger partial charge is 0.506 e. The van der Waals surface area contributed by atoms with Crippen LogP contribution >= 0.6 is 0 Å². The molecule has 1 aromatic carbocycles. The van der Waals surface area contributed by atoms with E-state index in [1.54, 1.807) is 31.3 Å². The number of phenolic OH excluding ortho intramolecular Hbond substituents is 1. The molecule has 1 aliphatic heterocycles. The van der Waals surface area contributed by atoms with Crippen molar-refractivity contribution in [3.63, 3.8) is 0 Å². The van der Waals surface area contributed by atoms with Gasteiger partial charge in [0.1, 0.15) is 17.1 Å². The minimum Gasteiger partial charge on any atom is -0.506 e. The Kier molecular flexibility index (Phi) is 5.06. The highest BCUT2D eigenvalue weighted by atomic mass is 16.5. The summed E-state index contributed by atoms with van der Waals surface area (Å²) in [5.41, 5.74) is 0.945. The molecule has 1 unspecified atom stereocenters. The van der Waals surface area contributed by atoms with Crippen molar-refractivity contribution in [2.75, 3.05) is 11.9 Å². The number of para-hydroxylation sites is 2. The van der Waals surface area contributed by atoms with E-state index in [4.69, 9.17) is 4.74 Å². The molecule has 0 radical (unpaired) electrons. The number of phenols is 1. The summed E-state index contributed by atoms with van der Waals surface area (Å²) in [5.74, 6) is -0.00260. The molecule has 1 aliphatic rings. The molecule has 0 aliphatic carbocycles. The van der Waals surface area contributed by atoms with Crippen molar-refractivity contribution in [2.45, 2.75) is 32.7 Å². The Morgan fingerprint density at radius 2 is 2.23 bits per heavy atom. The van der Waals surface area contributed by atoms with Crippen LogP contribution in [0.15, 0.2) is 41.5 Å². The fourth-order valence-electron chi connectivity index (χ4n) is 2.97. The first kappa shape index (κ1) is 17.7. The maximum atomic E-state index is 12.7. The fourth-order valence-corrected chi connectivity index (χ4v) is 2.97. The van der Waals surface area contributed by atoms with Gasteiger partial charge in [-0.15, -0.1) is 0 Å². The molecule has 136 valence electrons. The van der Waals surface area contributed by atoms with Crippen LogP contribution in [0.1, 0.15) is 48.9 Å². The second-order valence-electron chi connectivity index (χ2n) is 6.11. The number of benzene rings is 1. The molecule has 0 spiro atoms.